The largest absolute Gasteiger partial charge is 0.159 e. The van der Waals surface area contributed by atoms with Crippen LogP contribution in [0.1, 0.15) is 105 Å². The van der Waals surface area contributed by atoms with Gasteiger partial charge in [0.15, 0.2) is 8.07 Å². The first kappa shape index (κ1) is 30.3. The molecular formula is C41H50Si. The summed E-state index contributed by atoms with van der Waals surface area (Å²) in [4.78, 5) is 0. The predicted octanol–water partition coefficient (Wildman–Crippen LogP) is 8.84. The zero-order valence-electron chi connectivity index (χ0n) is 27.7. The average molecular weight is 571 g/mol. The van der Waals surface area contributed by atoms with E-state index in [-0.39, 0.29) is 10.8 Å². The first-order valence-corrected chi connectivity index (χ1v) is 18.0. The molecule has 1 heteroatoms. The Morgan fingerprint density at radius 1 is 0.595 bits per heavy atom. The number of aryl methyl sites for hydroxylation is 4. The molecule has 0 aliphatic heterocycles. The van der Waals surface area contributed by atoms with Crippen LogP contribution in [0.5, 0.6) is 0 Å². The first-order valence-electron chi connectivity index (χ1n) is 15.9. The van der Waals surface area contributed by atoms with Crippen molar-refractivity contribution in [1.82, 2.24) is 0 Å². The third kappa shape index (κ3) is 5.49. The van der Waals surface area contributed by atoms with E-state index in [1.54, 1.807) is 5.19 Å². The molecule has 0 N–H and O–H groups in total. The zero-order chi connectivity index (χ0) is 30.4. The molecule has 218 valence electrons. The van der Waals surface area contributed by atoms with Crippen molar-refractivity contribution in [1.29, 1.82) is 0 Å². The summed E-state index contributed by atoms with van der Waals surface area (Å²) in [5.74, 6) is 0. The van der Waals surface area contributed by atoms with Crippen molar-refractivity contribution in [2.75, 3.05) is 0 Å². The summed E-state index contributed by atoms with van der Waals surface area (Å²) in [5.41, 5.74) is 11.7. The molecule has 2 unspecified atom stereocenters. The number of hydrogen-bond acceptors (Lipinski definition) is 0. The quantitative estimate of drug-likeness (QED) is 0.160. The van der Waals surface area contributed by atoms with Gasteiger partial charge in [0.2, 0.25) is 0 Å². The lowest BCUT2D eigenvalue weighted by Gasteiger charge is -2.41. The standard InChI is InChI=1S/C41H50Si/c1-11-30-22-31(12-2)24-36(23-30)42(35-20-28(3)19-29(4)21-35,39-18-17-32-15-13-14-16-38(32)39)37-26-33(40(5,6)7)25-34(27-37)41(8,9)10/h13-27,39H,11-12H2,1-10H3. The van der Waals surface area contributed by atoms with Gasteiger partial charge < -0.3 is 0 Å². The number of allylic oxidation sites excluding steroid dienone is 1. The fourth-order valence-corrected chi connectivity index (χ4v) is 12.7. The average Bonchev–Trinajstić information content (AvgIpc) is 3.36. The summed E-state index contributed by atoms with van der Waals surface area (Å²) in [6.07, 6.45) is 7.04. The highest BCUT2D eigenvalue weighted by Gasteiger charge is 2.49. The molecule has 0 spiro atoms. The Labute approximate surface area is 256 Å². The summed E-state index contributed by atoms with van der Waals surface area (Å²) in [6, 6.07) is 31.8. The molecule has 1 aliphatic rings. The molecule has 0 saturated heterocycles. The fourth-order valence-electron chi connectivity index (χ4n) is 6.99. The molecular weight excluding hydrogens is 521 g/mol. The van der Waals surface area contributed by atoms with Gasteiger partial charge in [-0.3, -0.25) is 0 Å². The second-order valence-electron chi connectivity index (χ2n) is 14.7. The zero-order valence-corrected chi connectivity index (χ0v) is 28.7. The molecule has 4 aromatic carbocycles. The molecule has 0 aromatic heterocycles. The third-order valence-electron chi connectivity index (χ3n) is 9.39. The number of hydrogen-bond donors (Lipinski definition) is 0. The Morgan fingerprint density at radius 2 is 1.10 bits per heavy atom. The van der Waals surface area contributed by atoms with Crippen molar-refractivity contribution < 1.29 is 0 Å². The lowest BCUT2D eigenvalue weighted by molar-refractivity contribution is 0.569. The van der Waals surface area contributed by atoms with Gasteiger partial charge in [-0.15, -0.1) is 0 Å². The van der Waals surface area contributed by atoms with E-state index in [4.69, 9.17) is 0 Å². The van der Waals surface area contributed by atoms with Gasteiger partial charge in [-0.2, -0.15) is 0 Å². The molecule has 0 saturated carbocycles. The SMILES string of the molecule is CCc1cc(CC)cc([Si](c2cc(C)cc(C)c2)(c2cc(C(C)(C)C)cc(C(C)(C)C)c2)C2C=Cc3ccccc32)c1. The minimum absolute atomic E-state index is 0.0436. The van der Waals surface area contributed by atoms with Crippen LogP contribution in [-0.2, 0) is 23.7 Å². The molecule has 5 rings (SSSR count). The van der Waals surface area contributed by atoms with Gasteiger partial charge in [0.1, 0.15) is 0 Å². The van der Waals surface area contributed by atoms with Crippen LogP contribution in [0.2, 0.25) is 0 Å². The second-order valence-corrected chi connectivity index (χ2v) is 18.7. The van der Waals surface area contributed by atoms with E-state index in [2.05, 4.69) is 160 Å². The predicted molar refractivity (Wildman–Crippen MR) is 188 cm³/mol. The summed E-state index contributed by atoms with van der Waals surface area (Å²) in [7, 11) is -2.71. The van der Waals surface area contributed by atoms with Crippen molar-refractivity contribution in [2.24, 2.45) is 0 Å². The van der Waals surface area contributed by atoms with Gasteiger partial charge in [-0.05, 0) is 86.5 Å². The van der Waals surface area contributed by atoms with Crippen LogP contribution in [-0.4, -0.2) is 8.07 Å². The van der Waals surface area contributed by atoms with Gasteiger partial charge in [-0.1, -0.05) is 158 Å². The van der Waals surface area contributed by atoms with Crippen LogP contribution < -0.4 is 15.6 Å². The van der Waals surface area contributed by atoms with Crippen molar-refractivity contribution >= 4 is 29.7 Å². The van der Waals surface area contributed by atoms with Crippen molar-refractivity contribution in [3.63, 3.8) is 0 Å². The highest BCUT2D eigenvalue weighted by atomic mass is 28.3. The lowest BCUT2D eigenvalue weighted by atomic mass is 9.81. The maximum Gasteiger partial charge on any atom is 0.159 e. The molecule has 0 amide bonds. The van der Waals surface area contributed by atoms with Crippen LogP contribution in [0.4, 0.5) is 0 Å². The summed E-state index contributed by atoms with van der Waals surface area (Å²) < 4.78 is 0. The van der Waals surface area contributed by atoms with E-state index in [1.165, 1.54) is 54.9 Å². The van der Waals surface area contributed by atoms with Crippen molar-refractivity contribution in [3.8, 4) is 0 Å². The van der Waals surface area contributed by atoms with Crippen LogP contribution in [0, 0.1) is 13.8 Å². The minimum Gasteiger partial charge on any atom is -0.0781 e. The van der Waals surface area contributed by atoms with Crippen LogP contribution in [0.15, 0.2) is 84.9 Å². The highest BCUT2D eigenvalue weighted by Crippen LogP contribution is 2.39. The van der Waals surface area contributed by atoms with Gasteiger partial charge in [0.05, 0.1) is 0 Å². The minimum atomic E-state index is -2.71. The van der Waals surface area contributed by atoms with Crippen molar-refractivity contribution in [3.05, 3.63) is 129 Å². The third-order valence-corrected chi connectivity index (χ3v) is 14.4. The highest BCUT2D eigenvalue weighted by molar-refractivity contribution is 7.12. The molecule has 4 aromatic rings. The van der Waals surface area contributed by atoms with Gasteiger partial charge in [-0.25, -0.2) is 0 Å². The molecule has 0 radical (unpaired) electrons. The Balaban J connectivity index is 2.03. The van der Waals surface area contributed by atoms with E-state index >= 15 is 0 Å². The van der Waals surface area contributed by atoms with Gasteiger partial charge in [0.25, 0.3) is 0 Å². The Kier molecular flexibility index (Phi) is 8.05. The maximum absolute atomic E-state index is 2.71. The normalized spacial score (nSPS) is 16.4. The van der Waals surface area contributed by atoms with E-state index < -0.39 is 8.07 Å². The second kappa shape index (κ2) is 11.2. The monoisotopic (exact) mass is 570 g/mol. The molecule has 2 atom stereocenters. The Morgan fingerprint density at radius 3 is 1.62 bits per heavy atom. The Bertz CT molecular complexity index is 1560. The summed E-state index contributed by atoms with van der Waals surface area (Å²) >= 11 is 0. The number of fused-ring (bicyclic) bond motifs is 1. The molecule has 1 aliphatic carbocycles. The summed E-state index contributed by atoms with van der Waals surface area (Å²) in [5, 5.41) is 4.60. The fraction of sp³-hybridized carbons (Fsp3) is 0.366. The molecule has 0 fully saturated rings. The molecule has 0 nitrogen and oxygen atoms in total. The van der Waals surface area contributed by atoms with Crippen LogP contribution in [0.25, 0.3) is 6.08 Å². The molecule has 42 heavy (non-hydrogen) atoms. The topological polar surface area (TPSA) is 0 Å². The smallest absolute Gasteiger partial charge is 0.0781 e. The van der Waals surface area contributed by atoms with Crippen LogP contribution >= 0.6 is 0 Å². The first-order chi connectivity index (χ1) is 19.8. The maximum atomic E-state index is 2.61. The lowest BCUT2D eigenvalue weighted by Crippen LogP contribution is -2.71. The Hall–Kier alpha value is -3.16. The number of benzene rings is 4. The van der Waals surface area contributed by atoms with E-state index in [0.29, 0.717) is 5.54 Å². The molecule has 0 heterocycles. The van der Waals surface area contributed by atoms with Gasteiger partial charge in [0, 0.05) is 5.54 Å². The van der Waals surface area contributed by atoms with Crippen LogP contribution in [0.3, 0.4) is 0 Å². The van der Waals surface area contributed by atoms with E-state index in [9.17, 15) is 0 Å². The van der Waals surface area contributed by atoms with Crippen molar-refractivity contribution in [2.45, 2.75) is 98.5 Å². The number of rotatable bonds is 6. The van der Waals surface area contributed by atoms with E-state index in [1.807, 2.05) is 0 Å². The summed E-state index contributed by atoms with van der Waals surface area (Å²) in [6.45, 7) is 23.4. The van der Waals surface area contributed by atoms with Gasteiger partial charge >= 0.3 is 0 Å². The van der Waals surface area contributed by atoms with E-state index in [0.717, 1.165) is 12.8 Å². The molecule has 0 bridgehead atoms.